The van der Waals surface area contributed by atoms with Crippen LogP contribution < -0.4 is 0 Å². The van der Waals surface area contributed by atoms with E-state index < -0.39 is 5.92 Å². The lowest BCUT2D eigenvalue weighted by atomic mass is 10.0. The van der Waals surface area contributed by atoms with Gasteiger partial charge in [-0.2, -0.15) is 5.26 Å². The molecule has 1 saturated carbocycles. The van der Waals surface area contributed by atoms with Gasteiger partial charge in [-0.1, -0.05) is 18.2 Å². The zero-order valence-corrected chi connectivity index (χ0v) is 14.4. The van der Waals surface area contributed by atoms with Crippen molar-refractivity contribution in [1.29, 1.82) is 5.26 Å². The van der Waals surface area contributed by atoms with Crippen LogP contribution in [0.4, 0.5) is 0 Å². The Balaban J connectivity index is 1.75. The van der Waals surface area contributed by atoms with Gasteiger partial charge in [0, 0.05) is 22.6 Å². The second kappa shape index (κ2) is 6.26. The average molecular weight is 349 g/mol. The summed E-state index contributed by atoms with van der Waals surface area (Å²) in [6.07, 6.45) is 1.97. The van der Waals surface area contributed by atoms with Crippen molar-refractivity contribution in [2.75, 3.05) is 0 Å². The fourth-order valence-corrected chi connectivity index (χ4v) is 3.54. The molecule has 0 aliphatic heterocycles. The third kappa shape index (κ3) is 2.99. The summed E-state index contributed by atoms with van der Waals surface area (Å²) >= 11 is 1.33. The maximum absolute atomic E-state index is 13.0. The largest absolute Gasteiger partial charge is 0.440 e. The number of aryl methyl sites for hydroxylation is 1. The van der Waals surface area contributed by atoms with Gasteiger partial charge in [0.2, 0.25) is 11.7 Å². The topological polar surface area (TPSA) is 79.8 Å². The second-order valence-corrected chi connectivity index (χ2v) is 7.02. The van der Waals surface area contributed by atoms with Crippen LogP contribution in [0, 0.1) is 18.3 Å². The molecule has 0 unspecified atom stereocenters. The molecule has 6 heteroatoms. The molecule has 1 atom stereocenters. The minimum Gasteiger partial charge on any atom is -0.440 e. The van der Waals surface area contributed by atoms with E-state index in [9.17, 15) is 10.1 Å². The number of carbonyl (C=O) groups excluding carboxylic acids is 1. The maximum Gasteiger partial charge on any atom is 0.226 e. The Bertz CT molecular complexity index is 964. The summed E-state index contributed by atoms with van der Waals surface area (Å²) < 4.78 is 5.92. The molecule has 5 nitrogen and oxygen atoms in total. The summed E-state index contributed by atoms with van der Waals surface area (Å²) in [6, 6.07) is 11.6. The fourth-order valence-electron chi connectivity index (χ4n) is 2.70. The number of rotatable bonds is 5. The van der Waals surface area contributed by atoms with Crippen molar-refractivity contribution in [3.8, 4) is 17.5 Å². The van der Waals surface area contributed by atoms with Crippen LogP contribution in [0.15, 0.2) is 40.1 Å². The summed E-state index contributed by atoms with van der Waals surface area (Å²) in [7, 11) is 0. The number of hydrogen-bond acceptors (Lipinski definition) is 6. The molecule has 2 aromatic heterocycles. The molecule has 0 N–H and O–H groups in total. The number of thiazole rings is 1. The summed E-state index contributed by atoms with van der Waals surface area (Å²) in [5.74, 6) is -0.00821. The molecule has 0 amide bonds. The number of oxazole rings is 1. The molecule has 0 radical (unpaired) electrons. The monoisotopic (exact) mass is 349 g/mol. The molecule has 2 heterocycles. The van der Waals surface area contributed by atoms with Crippen molar-refractivity contribution in [3.63, 3.8) is 0 Å². The van der Waals surface area contributed by atoms with E-state index in [0.29, 0.717) is 16.7 Å². The second-order valence-electron chi connectivity index (χ2n) is 6.13. The number of nitrogens with zero attached hydrogens (tertiary/aromatic N) is 3. The molecule has 3 aromatic rings. The highest BCUT2D eigenvalue weighted by molar-refractivity contribution is 7.10. The lowest BCUT2D eigenvalue weighted by Gasteiger charge is -2.03. The van der Waals surface area contributed by atoms with Gasteiger partial charge >= 0.3 is 0 Å². The first-order valence-electron chi connectivity index (χ1n) is 8.09. The molecule has 1 aromatic carbocycles. The van der Waals surface area contributed by atoms with E-state index >= 15 is 0 Å². The lowest BCUT2D eigenvalue weighted by molar-refractivity contribution is 0.0972. The Morgan fingerprint density at radius 3 is 2.68 bits per heavy atom. The van der Waals surface area contributed by atoms with Crippen molar-refractivity contribution in [1.82, 2.24) is 9.97 Å². The van der Waals surface area contributed by atoms with Crippen molar-refractivity contribution in [2.24, 2.45) is 0 Å². The van der Waals surface area contributed by atoms with E-state index in [1.54, 1.807) is 0 Å². The quantitative estimate of drug-likeness (QED) is 0.635. The summed E-state index contributed by atoms with van der Waals surface area (Å²) in [5.41, 5.74) is 1.91. The van der Waals surface area contributed by atoms with Crippen molar-refractivity contribution < 1.29 is 9.21 Å². The zero-order valence-electron chi connectivity index (χ0n) is 13.6. The molecule has 25 heavy (non-hydrogen) atoms. The first-order chi connectivity index (χ1) is 12.2. The van der Waals surface area contributed by atoms with Crippen molar-refractivity contribution >= 4 is 17.1 Å². The number of nitriles is 1. The highest BCUT2D eigenvalue weighted by Crippen LogP contribution is 2.44. The Morgan fingerprint density at radius 1 is 1.32 bits per heavy atom. The number of carbonyl (C=O) groups is 1. The minimum absolute atomic E-state index is 0.223. The van der Waals surface area contributed by atoms with E-state index in [-0.39, 0.29) is 17.4 Å². The Hall–Kier alpha value is -2.78. The number of hydrogen-bond donors (Lipinski definition) is 0. The first-order valence-corrected chi connectivity index (χ1v) is 8.97. The lowest BCUT2D eigenvalue weighted by Crippen LogP contribution is -2.13. The standard InChI is InChI=1S/C19H15N3O2S/c1-11-10-25-19(21-11)14(9-20)16(23)15-17(12-7-8-12)24-18(22-15)13-5-3-2-4-6-13/h2-6,10,12,14H,7-8H2,1H3/t14-/m0/s1. The molecule has 124 valence electrons. The average Bonchev–Trinajstić information content (AvgIpc) is 3.24. The van der Waals surface area contributed by atoms with Gasteiger partial charge in [0.25, 0.3) is 0 Å². The first kappa shape index (κ1) is 15.7. The Kier molecular flexibility index (Phi) is 3.94. The molecular formula is C19H15N3O2S. The summed E-state index contributed by atoms with van der Waals surface area (Å²) in [5, 5.41) is 11.9. The predicted molar refractivity (Wildman–Crippen MR) is 93.4 cm³/mol. The van der Waals surface area contributed by atoms with Gasteiger partial charge in [-0.25, -0.2) is 9.97 Å². The summed E-state index contributed by atoms with van der Waals surface area (Å²) in [4.78, 5) is 21.8. The molecule has 1 fully saturated rings. The predicted octanol–water partition coefficient (Wildman–Crippen LogP) is 4.47. The maximum atomic E-state index is 13.0. The van der Waals surface area contributed by atoms with Crippen molar-refractivity contribution in [3.05, 3.63) is 57.9 Å². The molecule has 0 bridgehead atoms. The van der Waals surface area contributed by atoms with E-state index in [1.807, 2.05) is 42.6 Å². The SMILES string of the molecule is Cc1csc([C@@H](C#N)C(=O)c2nc(-c3ccccc3)oc2C2CC2)n1. The third-order valence-corrected chi connectivity index (χ3v) is 5.16. The molecule has 4 rings (SSSR count). The number of ketones is 1. The van der Waals surface area contributed by atoms with Gasteiger partial charge < -0.3 is 4.42 Å². The molecule has 0 spiro atoms. The number of aromatic nitrogens is 2. The highest BCUT2D eigenvalue weighted by atomic mass is 32.1. The normalized spacial score (nSPS) is 14.9. The molecule has 1 aliphatic carbocycles. The number of benzene rings is 1. The van der Waals surface area contributed by atoms with Gasteiger partial charge in [-0.15, -0.1) is 11.3 Å². The van der Waals surface area contributed by atoms with Crippen LogP contribution in [-0.4, -0.2) is 15.8 Å². The van der Waals surface area contributed by atoms with Gasteiger partial charge in [0.15, 0.2) is 11.6 Å². The molecular weight excluding hydrogens is 334 g/mol. The molecule has 0 saturated heterocycles. The highest BCUT2D eigenvalue weighted by Gasteiger charge is 2.37. The Labute approximate surface area is 149 Å². The van der Waals surface area contributed by atoms with E-state index in [4.69, 9.17) is 4.42 Å². The summed E-state index contributed by atoms with van der Waals surface area (Å²) in [6.45, 7) is 1.85. The van der Waals surface area contributed by atoms with Crippen LogP contribution in [0.3, 0.4) is 0 Å². The van der Waals surface area contributed by atoms with Crippen LogP contribution in [0.5, 0.6) is 0 Å². The number of Topliss-reactive ketones (excluding diaryl/α,β-unsaturated/α-hetero) is 1. The van der Waals surface area contributed by atoms with E-state index in [0.717, 1.165) is 24.1 Å². The van der Waals surface area contributed by atoms with Crippen LogP contribution in [0.2, 0.25) is 0 Å². The van der Waals surface area contributed by atoms with Crippen LogP contribution >= 0.6 is 11.3 Å². The molecule has 1 aliphatic rings. The third-order valence-electron chi connectivity index (χ3n) is 4.13. The van der Waals surface area contributed by atoms with Gasteiger partial charge in [0.05, 0.1) is 6.07 Å². The van der Waals surface area contributed by atoms with E-state index in [1.165, 1.54) is 11.3 Å². The smallest absolute Gasteiger partial charge is 0.226 e. The minimum atomic E-state index is -0.940. The van der Waals surface area contributed by atoms with Gasteiger partial charge in [-0.05, 0) is 31.9 Å². The van der Waals surface area contributed by atoms with Gasteiger partial charge in [0.1, 0.15) is 10.8 Å². The van der Waals surface area contributed by atoms with Gasteiger partial charge in [-0.3, -0.25) is 4.79 Å². The van der Waals surface area contributed by atoms with Crippen LogP contribution in [-0.2, 0) is 0 Å². The van der Waals surface area contributed by atoms with Crippen molar-refractivity contribution in [2.45, 2.75) is 31.6 Å². The Morgan fingerprint density at radius 2 is 2.08 bits per heavy atom. The van der Waals surface area contributed by atoms with E-state index in [2.05, 4.69) is 16.0 Å². The fraction of sp³-hybridized carbons (Fsp3) is 0.263. The van der Waals surface area contributed by atoms with Crippen LogP contribution in [0.25, 0.3) is 11.5 Å². The zero-order chi connectivity index (χ0) is 17.4. The van der Waals surface area contributed by atoms with Crippen LogP contribution in [0.1, 0.15) is 51.6 Å².